The van der Waals surface area contributed by atoms with Crippen molar-refractivity contribution < 1.29 is 28.5 Å². The number of hydrogen-bond acceptors (Lipinski definition) is 6. The number of likely N-dealkylation sites (N-methyl/N-ethyl adjacent to an activating group) is 1. The van der Waals surface area contributed by atoms with E-state index in [-0.39, 0.29) is 18.1 Å². The Kier molecular flexibility index (Phi) is 5.80. The molecule has 0 bridgehead atoms. The van der Waals surface area contributed by atoms with Crippen molar-refractivity contribution in [3.63, 3.8) is 0 Å². The number of esters is 1. The second-order valence-electron chi connectivity index (χ2n) is 6.01. The van der Waals surface area contributed by atoms with E-state index in [1.807, 2.05) is 30.3 Å². The Balaban J connectivity index is 1.61. The van der Waals surface area contributed by atoms with Crippen molar-refractivity contribution in [2.45, 2.75) is 6.54 Å². The molecular weight excluding hydrogens is 350 g/mol. The Morgan fingerprint density at radius 3 is 2.59 bits per heavy atom. The lowest BCUT2D eigenvalue weighted by Gasteiger charge is -2.21. The fraction of sp³-hybridized carbons (Fsp3) is 0.300. The van der Waals surface area contributed by atoms with Gasteiger partial charge < -0.3 is 23.8 Å². The lowest BCUT2D eigenvalue weighted by molar-refractivity contribution is -0.133. The highest BCUT2D eigenvalue weighted by Gasteiger charge is 2.22. The predicted octanol–water partition coefficient (Wildman–Crippen LogP) is 2.28. The summed E-state index contributed by atoms with van der Waals surface area (Å²) in [7, 11) is 3.14. The van der Waals surface area contributed by atoms with Crippen molar-refractivity contribution in [1.29, 1.82) is 0 Å². The van der Waals surface area contributed by atoms with Gasteiger partial charge in [0.15, 0.2) is 18.1 Å². The number of nitrogens with zero attached hydrogens (tertiary/aromatic N) is 1. The molecule has 7 nitrogen and oxygen atoms in total. The molecule has 0 aliphatic carbocycles. The summed E-state index contributed by atoms with van der Waals surface area (Å²) in [4.78, 5) is 26.1. The van der Waals surface area contributed by atoms with Crippen molar-refractivity contribution >= 4 is 11.9 Å². The summed E-state index contributed by atoms with van der Waals surface area (Å²) >= 11 is 0. The van der Waals surface area contributed by atoms with Gasteiger partial charge in [0.25, 0.3) is 5.91 Å². The van der Waals surface area contributed by atoms with Crippen molar-refractivity contribution in [3.8, 4) is 17.2 Å². The lowest BCUT2D eigenvalue weighted by Crippen LogP contribution is -2.30. The average Bonchev–Trinajstić information content (AvgIpc) is 2.71. The third kappa shape index (κ3) is 4.49. The van der Waals surface area contributed by atoms with Crippen LogP contribution in [0.5, 0.6) is 17.2 Å². The molecule has 3 rings (SSSR count). The van der Waals surface area contributed by atoms with E-state index >= 15 is 0 Å². The average molecular weight is 371 g/mol. The Morgan fingerprint density at radius 1 is 1.11 bits per heavy atom. The summed E-state index contributed by atoms with van der Waals surface area (Å²) in [6, 6.07) is 12.6. The molecular formula is C20H21NO6. The molecule has 0 unspecified atom stereocenters. The molecule has 0 N–H and O–H groups in total. The van der Waals surface area contributed by atoms with E-state index in [0.29, 0.717) is 37.0 Å². The monoisotopic (exact) mass is 371 g/mol. The molecule has 7 heteroatoms. The van der Waals surface area contributed by atoms with E-state index in [0.717, 1.165) is 5.56 Å². The molecule has 1 aliphatic rings. The van der Waals surface area contributed by atoms with E-state index in [9.17, 15) is 9.59 Å². The molecule has 0 fully saturated rings. The maximum atomic E-state index is 12.3. The highest BCUT2D eigenvalue weighted by atomic mass is 16.6. The maximum Gasteiger partial charge on any atom is 0.338 e. The largest absolute Gasteiger partial charge is 0.493 e. The van der Waals surface area contributed by atoms with Gasteiger partial charge >= 0.3 is 5.97 Å². The van der Waals surface area contributed by atoms with Gasteiger partial charge in [-0.3, -0.25) is 4.79 Å². The predicted molar refractivity (Wildman–Crippen MR) is 97.2 cm³/mol. The molecule has 142 valence electrons. The standard InChI is InChI=1S/C20H21NO6/c1-21(12-14-6-4-3-5-7-14)18(22)13-27-20(23)15-10-16(24-2)19-17(11-15)25-8-9-26-19/h3-7,10-11H,8-9,12-13H2,1-2H3. The van der Waals surface area contributed by atoms with Crippen molar-refractivity contribution in [2.24, 2.45) is 0 Å². The first-order chi connectivity index (χ1) is 13.1. The van der Waals surface area contributed by atoms with Crippen LogP contribution in [0.4, 0.5) is 0 Å². The van der Waals surface area contributed by atoms with Gasteiger partial charge in [0.2, 0.25) is 5.75 Å². The molecule has 0 aromatic heterocycles. The third-order valence-corrected chi connectivity index (χ3v) is 4.08. The van der Waals surface area contributed by atoms with E-state index in [2.05, 4.69) is 0 Å². The Bertz CT molecular complexity index is 803. The second kappa shape index (κ2) is 8.44. The fourth-order valence-corrected chi connectivity index (χ4v) is 2.66. The number of ether oxygens (including phenoxy) is 4. The zero-order chi connectivity index (χ0) is 19.2. The third-order valence-electron chi connectivity index (χ3n) is 4.08. The summed E-state index contributed by atoms with van der Waals surface area (Å²) in [5.41, 5.74) is 1.23. The van der Waals surface area contributed by atoms with E-state index < -0.39 is 5.97 Å². The van der Waals surface area contributed by atoms with Crippen LogP contribution in [-0.2, 0) is 16.1 Å². The van der Waals surface area contributed by atoms with Crippen molar-refractivity contribution in [3.05, 3.63) is 53.6 Å². The summed E-state index contributed by atoms with van der Waals surface area (Å²) in [5.74, 6) is 0.328. The van der Waals surface area contributed by atoms with Crippen LogP contribution in [0.1, 0.15) is 15.9 Å². The number of benzene rings is 2. The molecule has 2 aromatic carbocycles. The van der Waals surface area contributed by atoms with Crippen molar-refractivity contribution in [2.75, 3.05) is 34.0 Å². The Hall–Kier alpha value is -3.22. The summed E-state index contributed by atoms with van der Waals surface area (Å²) in [6.07, 6.45) is 0. The molecule has 2 aromatic rings. The fourth-order valence-electron chi connectivity index (χ4n) is 2.66. The van der Waals surface area contributed by atoms with E-state index in [1.165, 1.54) is 24.1 Å². The molecule has 0 saturated carbocycles. The van der Waals surface area contributed by atoms with Crippen molar-refractivity contribution in [1.82, 2.24) is 4.90 Å². The number of rotatable bonds is 6. The van der Waals surface area contributed by atoms with Gasteiger partial charge in [-0.2, -0.15) is 0 Å². The molecule has 0 saturated heterocycles. The number of methoxy groups -OCH3 is 1. The van der Waals surface area contributed by atoms with Crippen LogP contribution in [0.15, 0.2) is 42.5 Å². The van der Waals surface area contributed by atoms with E-state index in [4.69, 9.17) is 18.9 Å². The quantitative estimate of drug-likeness (QED) is 0.726. The minimum absolute atomic E-state index is 0.231. The molecule has 0 atom stereocenters. The van der Waals surface area contributed by atoms with Crippen LogP contribution < -0.4 is 14.2 Å². The Labute approximate surface area is 157 Å². The smallest absolute Gasteiger partial charge is 0.338 e. The number of carbonyl (C=O) groups is 2. The minimum atomic E-state index is -0.633. The topological polar surface area (TPSA) is 74.3 Å². The lowest BCUT2D eigenvalue weighted by atomic mass is 10.1. The van der Waals surface area contributed by atoms with Gasteiger partial charge in [0.05, 0.1) is 12.7 Å². The van der Waals surface area contributed by atoms with Crippen LogP contribution in [0.25, 0.3) is 0 Å². The van der Waals surface area contributed by atoms with Gasteiger partial charge in [-0.1, -0.05) is 30.3 Å². The zero-order valence-corrected chi connectivity index (χ0v) is 15.3. The minimum Gasteiger partial charge on any atom is -0.493 e. The first-order valence-electron chi connectivity index (χ1n) is 8.51. The second-order valence-corrected chi connectivity index (χ2v) is 6.01. The van der Waals surface area contributed by atoms with Gasteiger partial charge in [0.1, 0.15) is 13.2 Å². The number of hydrogen-bond donors (Lipinski definition) is 0. The van der Waals surface area contributed by atoms with Gasteiger partial charge in [0, 0.05) is 13.6 Å². The van der Waals surface area contributed by atoms with E-state index in [1.54, 1.807) is 7.05 Å². The SMILES string of the molecule is COc1cc(C(=O)OCC(=O)N(C)Cc2ccccc2)cc2c1OCCO2. The summed E-state index contributed by atoms with van der Waals surface area (Å²) in [5, 5.41) is 0. The molecule has 1 amide bonds. The number of fused-ring (bicyclic) bond motifs is 1. The van der Waals surface area contributed by atoms with Crippen LogP contribution >= 0.6 is 0 Å². The molecule has 27 heavy (non-hydrogen) atoms. The molecule has 0 radical (unpaired) electrons. The van der Waals surface area contributed by atoms with Gasteiger partial charge in [-0.25, -0.2) is 4.79 Å². The van der Waals surface area contributed by atoms with Crippen LogP contribution in [0, 0.1) is 0 Å². The van der Waals surface area contributed by atoms with Gasteiger partial charge in [-0.05, 0) is 17.7 Å². The maximum absolute atomic E-state index is 12.3. The summed E-state index contributed by atoms with van der Waals surface area (Å²) in [6.45, 7) is 0.890. The van der Waals surface area contributed by atoms with Crippen LogP contribution in [0.3, 0.4) is 0 Å². The van der Waals surface area contributed by atoms with Crippen LogP contribution in [0.2, 0.25) is 0 Å². The first-order valence-corrected chi connectivity index (χ1v) is 8.51. The molecule has 0 spiro atoms. The molecule has 1 aliphatic heterocycles. The summed E-state index contributed by atoms with van der Waals surface area (Å²) < 4.78 is 21.4. The highest BCUT2D eigenvalue weighted by molar-refractivity contribution is 5.92. The molecule has 1 heterocycles. The zero-order valence-electron chi connectivity index (χ0n) is 15.3. The van der Waals surface area contributed by atoms with Gasteiger partial charge in [-0.15, -0.1) is 0 Å². The normalized spacial score (nSPS) is 12.2. The Morgan fingerprint density at radius 2 is 1.85 bits per heavy atom. The number of amides is 1. The first kappa shape index (κ1) is 18.6. The highest BCUT2D eigenvalue weighted by Crippen LogP contribution is 2.40. The van der Waals surface area contributed by atoms with Crippen LogP contribution in [-0.4, -0.2) is 50.8 Å². The number of carbonyl (C=O) groups excluding carboxylic acids is 2.